The van der Waals surface area contributed by atoms with E-state index in [1.807, 2.05) is 48.5 Å². The maximum absolute atomic E-state index is 10.3. The van der Waals surface area contributed by atoms with Crippen LogP contribution in [-0.2, 0) is 25.3 Å². The molecule has 0 N–H and O–H groups in total. The Morgan fingerprint density at radius 3 is 2.29 bits per heavy atom. The molecule has 2 heterocycles. The lowest BCUT2D eigenvalue weighted by Gasteiger charge is -2.28. The highest BCUT2D eigenvalue weighted by Crippen LogP contribution is 2.47. The first-order valence-corrected chi connectivity index (χ1v) is 21.8. The second kappa shape index (κ2) is 20.7. The lowest BCUT2D eigenvalue weighted by Crippen LogP contribution is -2.35. The van der Waals surface area contributed by atoms with Crippen molar-refractivity contribution in [1.29, 1.82) is 5.26 Å². The first kappa shape index (κ1) is 41.3. The number of hydrogen-bond donors (Lipinski definition) is 0. The normalized spacial score (nSPS) is 15.2. The zero-order valence-electron chi connectivity index (χ0n) is 31.0. The Bertz CT molecular complexity index is 2390. The number of rotatable bonds is 18. The predicted molar refractivity (Wildman–Crippen MR) is 228 cm³/mol. The number of thioether (sulfide) groups is 1. The van der Waals surface area contributed by atoms with E-state index in [0.717, 1.165) is 91.3 Å². The number of benzene rings is 4. The van der Waals surface area contributed by atoms with E-state index in [4.69, 9.17) is 6.57 Å². The summed E-state index contributed by atoms with van der Waals surface area (Å²) in [6, 6.07) is 34.6. The molecule has 4 aromatic carbocycles. The van der Waals surface area contributed by atoms with Gasteiger partial charge in [-0.05, 0) is 91.1 Å². The second-order valence-corrected chi connectivity index (χ2v) is 16.6. The van der Waals surface area contributed by atoms with Crippen molar-refractivity contribution in [2.24, 2.45) is 0 Å². The lowest BCUT2D eigenvalue weighted by molar-refractivity contribution is -0.777. The summed E-state index contributed by atoms with van der Waals surface area (Å²) in [5.74, 6) is 1.12. The summed E-state index contributed by atoms with van der Waals surface area (Å²) in [7, 11) is 0. The molecule has 0 unspecified atom stereocenters. The molecule has 7 rings (SSSR count). The van der Waals surface area contributed by atoms with Gasteiger partial charge in [-0.2, -0.15) is 18.5 Å². The quantitative estimate of drug-likeness (QED) is 0.0209. The topological polar surface area (TPSA) is 122 Å². The highest BCUT2D eigenvalue weighted by molar-refractivity contribution is 8.03. The van der Waals surface area contributed by atoms with Crippen molar-refractivity contribution in [3.8, 4) is 6.07 Å². The van der Waals surface area contributed by atoms with E-state index in [1.165, 1.54) is 11.1 Å². The van der Waals surface area contributed by atoms with E-state index in [1.54, 1.807) is 23.1 Å². The maximum atomic E-state index is 10.3. The van der Waals surface area contributed by atoms with Crippen LogP contribution in [0.25, 0.3) is 21.1 Å². The van der Waals surface area contributed by atoms with Crippen LogP contribution in [0, 0.1) is 17.9 Å². The molecule has 294 valence electrons. The highest BCUT2D eigenvalue weighted by Gasteiger charge is 2.29. The summed E-state index contributed by atoms with van der Waals surface area (Å²) in [6.07, 6.45) is 11.9. The van der Waals surface area contributed by atoms with Crippen LogP contribution < -0.4 is 24.9 Å². The number of allylic oxidation sites excluding steroid dienone is 5. The average Bonchev–Trinajstić information content (AvgIpc) is 3.94. The van der Waals surface area contributed by atoms with Gasteiger partial charge in [-0.25, -0.2) is 4.85 Å². The Morgan fingerprint density at radius 1 is 0.879 bits per heavy atom. The summed E-state index contributed by atoms with van der Waals surface area (Å²) in [5.41, 5.74) is 8.66. The highest BCUT2D eigenvalue weighted by atomic mass is 32.2. The molecular formula is C43H36N5O6S4-. The number of aromatic nitrogens is 1. The Hall–Kier alpha value is -4.88. The largest absolute Gasteiger partial charge is 0.691 e. The molecule has 0 spiro atoms. The molecule has 58 heavy (non-hydrogen) atoms. The van der Waals surface area contributed by atoms with Crippen LogP contribution in [0.15, 0.2) is 142 Å². The Labute approximate surface area is 353 Å². The molecule has 0 bridgehead atoms. The van der Waals surface area contributed by atoms with Gasteiger partial charge in [0.25, 0.3) is 5.01 Å². The smallest absolute Gasteiger partial charge is 0.262 e. The number of fused-ring (bicyclic) bond motifs is 2. The van der Waals surface area contributed by atoms with Crippen molar-refractivity contribution in [3.05, 3.63) is 159 Å². The van der Waals surface area contributed by atoms with Crippen LogP contribution in [-0.4, -0.2) is 18.1 Å². The minimum Gasteiger partial charge on any atom is -0.691 e. The molecule has 1 aliphatic heterocycles. The monoisotopic (exact) mass is 846 g/mol. The molecule has 0 atom stereocenters. The van der Waals surface area contributed by atoms with Crippen LogP contribution in [0.2, 0.25) is 0 Å². The minimum absolute atomic E-state index is 0.557. The predicted octanol–water partition coefficient (Wildman–Crippen LogP) is 9.41. The fourth-order valence-electron chi connectivity index (χ4n) is 6.94. The van der Waals surface area contributed by atoms with Gasteiger partial charge in [-0.3, -0.25) is 10.1 Å². The third-order valence-electron chi connectivity index (χ3n) is 9.45. The van der Waals surface area contributed by atoms with E-state index >= 15 is 0 Å². The van der Waals surface area contributed by atoms with E-state index in [-0.39, 0.29) is 0 Å². The van der Waals surface area contributed by atoms with Gasteiger partial charge in [0.1, 0.15) is 4.70 Å². The molecule has 11 nitrogen and oxygen atoms in total. The summed E-state index contributed by atoms with van der Waals surface area (Å²) in [6.45, 7) is 8.93. The van der Waals surface area contributed by atoms with Crippen molar-refractivity contribution >= 4 is 86.2 Å². The number of anilines is 3. The van der Waals surface area contributed by atoms with Gasteiger partial charge in [0.05, 0.1) is 34.6 Å². The van der Waals surface area contributed by atoms with Crippen LogP contribution in [0.5, 0.6) is 0 Å². The number of aryl methyl sites for hydroxylation is 1. The summed E-state index contributed by atoms with van der Waals surface area (Å²) >= 11 is 5.28. The number of nitrogens with zero attached hydrogens (tertiary/aromatic N) is 5. The SMILES string of the molecule is [C-]#[N+]c1ccc2sc(/C=C/C3=C(N(c4ccccc4)c4ccccc4)C(=C/C=C4\Sc5ccc(C#N)cc5N4CCCSOO[O-])/CC3)[n+](CCCSOO[O-])c2c1. The summed E-state index contributed by atoms with van der Waals surface area (Å²) < 4.78 is 12.3. The van der Waals surface area contributed by atoms with Crippen LogP contribution >= 0.6 is 47.2 Å². The lowest BCUT2D eigenvalue weighted by atomic mass is 10.1. The maximum Gasteiger partial charge on any atom is 0.262 e. The van der Waals surface area contributed by atoms with E-state index in [9.17, 15) is 15.8 Å². The van der Waals surface area contributed by atoms with Gasteiger partial charge in [0.2, 0.25) is 5.52 Å². The van der Waals surface area contributed by atoms with E-state index in [0.29, 0.717) is 42.3 Å². The molecule has 5 aromatic rings. The number of thiazole rings is 1. The molecule has 15 heteroatoms. The zero-order valence-corrected chi connectivity index (χ0v) is 34.3. The van der Waals surface area contributed by atoms with Gasteiger partial charge in [-0.15, -0.1) is 0 Å². The fourth-order valence-corrected chi connectivity index (χ4v) is 9.79. The number of hydrogen-bond acceptors (Lipinski definition) is 13. The molecule has 1 aliphatic carbocycles. The van der Waals surface area contributed by atoms with E-state index < -0.39 is 0 Å². The fraction of sp³-hybridized carbons (Fsp3) is 0.186. The van der Waals surface area contributed by atoms with E-state index in [2.05, 4.69) is 117 Å². The van der Waals surface area contributed by atoms with Crippen molar-refractivity contribution in [3.63, 3.8) is 0 Å². The van der Waals surface area contributed by atoms with Gasteiger partial charge in [-0.1, -0.05) is 71.6 Å². The Balaban J connectivity index is 1.31. The summed E-state index contributed by atoms with van der Waals surface area (Å²) in [4.78, 5) is 9.30. The van der Waals surface area contributed by atoms with Gasteiger partial charge in [0, 0.05) is 77.0 Å². The van der Waals surface area contributed by atoms with Crippen LogP contribution in [0.1, 0.15) is 36.3 Å². The first-order chi connectivity index (χ1) is 28.6. The van der Waals surface area contributed by atoms with Crippen LogP contribution in [0.4, 0.5) is 22.7 Å². The Kier molecular flexibility index (Phi) is 14.7. The molecule has 0 amide bonds. The second-order valence-electron chi connectivity index (χ2n) is 12.9. The molecule has 0 saturated carbocycles. The molecule has 2 aliphatic rings. The molecule has 1 aromatic heterocycles. The van der Waals surface area contributed by atoms with Crippen molar-refractivity contribution in [2.75, 3.05) is 27.9 Å². The van der Waals surface area contributed by atoms with Crippen molar-refractivity contribution < 1.29 is 33.8 Å². The molecule has 0 radical (unpaired) electrons. The zero-order chi connectivity index (χ0) is 40.1. The average molecular weight is 847 g/mol. The standard InChI is InChI=1S/C43H37N5O6S4/c1-45-34-19-21-40-38(29-34)47(25-9-27-56-54-52-50)42(58-40)23-18-33-16-15-32(43(33)48(35-10-4-2-5-11-35)36-12-6-3-7-13-36)17-22-41-46(24-8-26-55-53-51-49)37-28-31(30-44)14-20-39(37)57-41/h2-7,10-14,17-23,28-29H,8-9,15-16,24-27H2,(H-,49,50)/p-1. The number of nitriles is 1. The Morgan fingerprint density at radius 2 is 1.60 bits per heavy atom. The third kappa shape index (κ3) is 9.86. The van der Waals surface area contributed by atoms with Crippen molar-refractivity contribution in [2.45, 2.75) is 37.1 Å². The van der Waals surface area contributed by atoms with Gasteiger partial charge < -0.3 is 20.3 Å². The molecule has 0 saturated heterocycles. The summed E-state index contributed by atoms with van der Waals surface area (Å²) in [5, 5.41) is 39.5. The third-order valence-corrected chi connectivity index (χ3v) is 12.9. The van der Waals surface area contributed by atoms with Crippen LogP contribution in [0.3, 0.4) is 0 Å². The van der Waals surface area contributed by atoms with Crippen molar-refractivity contribution in [1.82, 2.24) is 0 Å². The molecule has 0 fully saturated rings. The minimum atomic E-state index is 0.557. The first-order valence-electron chi connectivity index (χ1n) is 18.3. The molecular weight excluding hydrogens is 811 g/mol. The number of para-hydroxylation sites is 2. The van der Waals surface area contributed by atoms with Gasteiger partial charge >= 0.3 is 0 Å². The van der Waals surface area contributed by atoms with Gasteiger partial charge in [0.15, 0.2) is 12.2 Å².